The number of nitrogens with one attached hydrogen (secondary N) is 1. The molecule has 0 saturated carbocycles. The van der Waals surface area contributed by atoms with Crippen LogP contribution in [0.25, 0.3) is 0 Å². The highest BCUT2D eigenvalue weighted by Crippen LogP contribution is 2.29. The highest BCUT2D eigenvalue weighted by Gasteiger charge is 2.44. The van der Waals surface area contributed by atoms with Crippen molar-refractivity contribution in [2.24, 2.45) is 0 Å². The Morgan fingerprint density at radius 1 is 1.11 bits per heavy atom. The highest BCUT2D eigenvalue weighted by molar-refractivity contribution is 7.80. The summed E-state index contributed by atoms with van der Waals surface area (Å²) in [4.78, 5) is 45.3. The standard InChI is InChI=1S/C26H23FN4O4S/c1-2-35-25(34)18-5-9-20(10-6-18)29-23(32)14-22-24(33)31(21-11-7-19(27)8-12-21)26(36)30(22)16-17-4-3-13-28-15-17/h3-13,15,22H,2,14,16H2,1H3,(H,29,32)/t22-/m1/s1. The van der Waals surface area contributed by atoms with Gasteiger partial charge in [0.15, 0.2) is 5.11 Å². The number of ether oxygens (including phenoxy) is 1. The maximum atomic E-state index is 13.5. The Kier molecular flexibility index (Phi) is 7.65. The lowest BCUT2D eigenvalue weighted by Crippen LogP contribution is -2.37. The van der Waals surface area contributed by atoms with Crippen LogP contribution in [0.3, 0.4) is 0 Å². The number of nitrogens with zero attached hydrogens (tertiary/aromatic N) is 3. The van der Waals surface area contributed by atoms with E-state index < -0.39 is 23.7 Å². The predicted octanol–water partition coefficient (Wildman–Crippen LogP) is 3.93. The number of esters is 1. The van der Waals surface area contributed by atoms with Gasteiger partial charge in [-0.05, 0) is 79.3 Å². The van der Waals surface area contributed by atoms with E-state index in [1.165, 1.54) is 29.2 Å². The molecule has 1 aromatic heterocycles. The van der Waals surface area contributed by atoms with Crippen molar-refractivity contribution < 1.29 is 23.5 Å². The average Bonchev–Trinajstić information content (AvgIpc) is 3.09. The second kappa shape index (κ2) is 11.0. The zero-order valence-electron chi connectivity index (χ0n) is 19.4. The van der Waals surface area contributed by atoms with Crippen LogP contribution in [0.4, 0.5) is 15.8 Å². The van der Waals surface area contributed by atoms with Gasteiger partial charge in [-0.2, -0.15) is 0 Å². The number of benzene rings is 2. The van der Waals surface area contributed by atoms with Crippen LogP contribution in [0.1, 0.15) is 29.3 Å². The zero-order valence-corrected chi connectivity index (χ0v) is 20.2. The van der Waals surface area contributed by atoms with Crippen molar-refractivity contribution in [3.8, 4) is 0 Å². The smallest absolute Gasteiger partial charge is 0.338 e. The summed E-state index contributed by atoms with van der Waals surface area (Å²) in [5.74, 6) is -1.68. The summed E-state index contributed by atoms with van der Waals surface area (Å²) < 4.78 is 18.4. The van der Waals surface area contributed by atoms with E-state index in [9.17, 15) is 18.8 Å². The molecule has 184 valence electrons. The molecule has 10 heteroatoms. The van der Waals surface area contributed by atoms with E-state index in [1.54, 1.807) is 54.5 Å². The quantitative estimate of drug-likeness (QED) is 0.366. The van der Waals surface area contributed by atoms with E-state index in [1.807, 2.05) is 6.07 Å². The number of amides is 2. The lowest BCUT2D eigenvalue weighted by atomic mass is 10.1. The highest BCUT2D eigenvalue weighted by atomic mass is 32.1. The van der Waals surface area contributed by atoms with Gasteiger partial charge in [-0.1, -0.05) is 6.07 Å². The number of carbonyl (C=O) groups is 3. The molecule has 1 saturated heterocycles. The molecule has 2 heterocycles. The molecular weight excluding hydrogens is 483 g/mol. The number of hydrogen-bond donors (Lipinski definition) is 1. The Balaban J connectivity index is 1.53. The van der Waals surface area contributed by atoms with Gasteiger partial charge < -0.3 is 15.0 Å². The molecule has 0 aliphatic carbocycles. The molecule has 0 unspecified atom stereocenters. The van der Waals surface area contributed by atoms with Crippen LogP contribution >= 0.6 is 12.2 Å². The minimum absolute atomic E-state index is 0.170. The molecule has 1 atom stereocenters. The lowest BCUT2D eigenvalue weighted by molar-refractivity contribution is -0.124. The normalized spacial score (nSPS) is 15.2. The monoisotopic (exact) mass is 506 g/mol. The first-order valence-electron chi connectivity index (χ1n) is 11.2. The molecule has 0 bridgehead atoms. The van der Waals surface area contributed by atoms with Crippen LogP contribution in [0.2, 0.25) is 0 Å². The molecule has 0 spiro atoms. The van der Waals surface area contributed by atoms with E-state index in [2.05, 4.69) is 10.3 Å². The molecule has 2 amide bonds. The number of carbonyl (C=O) groups excluding carboxylic acids is 3. The van der Waals surface area contributed by atoms with Crippen molar-refractivity contribution in [1.29, 1.82) is 0 Å². The van der Waals surface area contributed by atoms with Gasteiger partial charge in [0.2, 0.25) is 5.91 Å². The Hall–Kier alpha value is -4.18. The zero-order chi connectivity index (χ0) is 25.7. The molecule has 3 aromatic rings. The molecule has 8 nitrogen and oxygen atoms in total. The van der Waals surface area contributed by atoms with E-state index in [-0.39, 0.29) is 30.6 Å². The SMILES string of the molecule is CCOC(=O)c1ccc(NC(=O)C[C@@H]2C(=O)N(c3ccc(F)cc3)C(=S)N2Cc2cccnc2)cc1. The van der Waals surface area contributed by atoms with E-state index in [0.29, 0.717) is 16.9 Å². The first-order chi connectivity index (χ1) is 17.4. The number of aromatic nitrogens is 1. The lowest BCUT2D eigenvalue weighted by Gasteiger charge is -2.23. The first-order valence-corrected chi connectivity index (χ1v) is 11.6. The van der Waals surface area contributed by atoms with Crippen LogP contribution in [-0.4, -0.2) is 45.4 Å². The van der Waals surface area contributed by atoms with Crippen molar-refractivity contribution in [1.82, 2.24) is 9.88 Å². The van der Waals surface area contributed by atoms with Gasteiger partial charge in [0.1, 0.15) is 11.9 Å². The van der Waals surface area contributed by atoms with Crippen molar-refractivity contribution >= 4 is 46.5 Å². The minimum atomic E-state index is -0.874. The summed E-state index contributed by atoms with van der Waals surface area (Å²) in [7, 11) is 0. The van der Waals surface area contributed by atoms with Gasteiger partial charge in [-0.3, -0.25) is 19.5 Å². The molecule has 4 rings (SSSR count). The fourth-order valence-electron chi connectivity index (χ4n) is 3.82. The van der Waals surface area contributed by atoms with Gasteiger partial charge in [-0.15, -0.1) is 0 Å². The van der Waals surface area contributed by atoms with E-state index in [0.717, 1.165) is 5.56 Å². The molecule has 2 aromatic carbocycles. The van der Waals surface area contributed by atoms with Crippen LogP contribution < -0.4 is 10.2 Å². The van der Waals surface area contributed by atoms with Gasteiger partial charge >= 0.3 is 5.97 Å². The Morgan fingerprint density at radius 3 is 2.47 bits per heavy atom. The summed E-state index contributed by atoms with van der Waals surface area (Å²) in [6, 6.07) is 14.5. The number of thiocarbonyl (C=S) groups is 1. The maximum Gasteiger partial charge on any atom is 0.338 e. The number of anilines is 2. The molecule has 1 fully saturated rings. The van der Waals surface area contributed by atoms with Gasteiger partial charge in [-0.25, -0.2) is 9.18 Å². The van der Waals surface area contributed by atoms with Crippen LogP contribution in [0.15, 0.2) is 73.1 Å². The Labute approximate surface area is 212 Å². The summed E-state index contributed by atoms with van der Waals surface area (Å²) in [6.07, 6.45) is 3.13. The summed E-state index contributed by atoms with van der Waals surface area (Å²) in [5.41, 5.74) is 2.06. The topological polar surface area (TPSA) is 91.8 Å². The number of pyridine rings is 1. The molecule has 1 aliphatic heterocycles. The fourth-order valence-corrected chi connectivity index (χ4v) is 4.21. The van der Waals surface area contributed by atoms with Crippen LogP contribution in [-0.2, 0) is 20.9 Å². The van der Waals surface area contributed by atoms with Gasteiger partial charge in [0.05, 0.1) is 24.3 Å². The molecule has 1 aliphatic rings. The van der Waals surface area contributed by atoms with Crippen LogP contribution in [0, 0.1) is 5.82 Å². The Morgan fingerprint density at radius 2 is 1.83 bits per heavy atom. The van der Waals surface area contributed by atoms with Gasteiger partial charge in [0.25, 0.3) is 5.91 Å². The van der Waals surface area contributed by atoms with Crippen LogP contribution in [0.5, 0.6) is 0 Å². The number of halogens is 1. The number of hydrogen-bond acceptors (Lipinski definition) is 6. The second-order valence-corrected chi connectivity index (χ2v) is 8.35. The van der Waals surface area contributed by atoms with Crippen molar-refractivity contribution in [2.75, 3.05) is 16.8 Å². The summed E-state index contributed by atoms with van der Waals surface area (Å²) >= 11 is 5.61. The average molecular weight is 507 g/mol. The fraction of sp³-hybridized carbons (Fsp3) is 0.192. The largest absolute Gasteiger partial charge is 0.462 e. The molecule has 1 N–H and O–H groups in total. The van der Waals surface area contributed by atoms with Gasteiger partial charge in [0, 0.05) is 24.6 Å². The van der Waals surface area contributed by atoms with E-state index >= 15 is 0 Å². The summed E-state index contributed by atoms with van der Waals surface area (Å²) in [6.45, 7) is 2.25. The van der Waals surface area contributed by atoms with Crippen molar-refractivity contribution in [2.45, 2.75) is 25.9 Å². The minimum Gasteiger partial charge on any atom is -0.462 e. The van der Waals surface area contributed by atoms with Crippen molar-refractivity contribution in [3.05, 3.63) is 90.0 Å². The third-order valence-electron chi connectivity index (χ3n) is 5.54. The molecule has 36 heavy (non-hydrogen) atoms. The maximum absolute atomic E-state index is 13.5. The predicted molar refractivity (Wildman–Crippen MR) is 136 cm³/mol. The summed E-state index contributed by atoms with van der Waals surface area (Å²) in [5, 5.41) is 2.97. The van der Waals surface area contributed by atoms with E-state index in [4.69, 9.17) is 17.0 Å². The Bertz CT molecular complexity index is 1270. The third-order valence-corrected chi connectivity index (χ3v) is 5.95. The van der Waals surface area contributed by atoms with Crippen molar-refractivity contribution in [3.63, 3.8) is 0 Å². The molecular formula is C26H23FN4O4S. The third kappa shape index (κ3) is 5.55. The second-order valence-electron chi connectivity index (χ2n) is 7.99. The first kappa shape index (κ1) is 24.9. The molecule has 0 radical (unpaired) electrons. The number of rotatable bonds is 8.